The Balaban J connectivity index is 2.43. The number of amides is 2. The van der Waals surface area contributed by atoms with Crippen molar-refractivity contribution in [1.29, 1.82) is 0 Å². The van der Waals surface area contributed by atoms with Crippen molar-refractivity contribution in [2.24, 2.45) is 0 Å². The lowest BCUT2D eigenvalue weighted by molar-refractivity contribution is -0.123. The van der Waals surface area contributed by atoms with Gasteiger partial charge in [0.15, 0.2) is 0 Å². The zero-order valence-electron chi connectivity index (χ0n) is 9.03. The van der Waals surface area contributed by atoms with Gasteiger partial charge >= 0.3 is 6.09 Å². The standard InChI is InChI=1S/C11H10FNO4/c1-2-16-7-5-3-4-6(12)8(7)9-10(14)13-11(15)17-9/h3-5,9H,2H2,1H3,(H,13,14,15). The molecule has 1 heterocycles. The van der Waals surface area contributed by atoms with Gasteiger partial charge in [-0.2, -0.15) is 0 Å². The van der Waals surface area contributed by atoms with E-state index >= 15 is 0 Å². The van der Waals surface area contributed by atoms with Crippen LogP contribution in [0.25, 0.3) is 0 Å². The highest BCUT2D eigenvalue weighted by Crippen LogP contribution is 2.32. The minimum atomic E-state index is -1.29. The van der Waals surface area contributed by atoms with Crippen LogP contribution in [0.5, 0.6) is 5.75 Å². The quantitative estimate of drug-likeness (QED) is 0.868. The van der Waals surface area contributed by atoms with Crippen molar-refractivity contribution in [1.82, 2.24) is 5.32 Å². The molecule has 0 aliphatic carbocycles. The molecule has 1 aromatic carbocycles. The van der Waals surface area contributed by atoms with E-state index in [2.05, 4.69) is 0 Å². The van der Waals surface area contributed by atoms with Crippen molar-refractivity contribution in [3.8, 4) is 5.75 Å². The average molecular weight is 239 g/mol. The number of cyclic esters (lactones) is 1. The summed E-state index contributed by atoms with van der Waals surface area (Å²) in [6, 6.07) is 4.15. The van der Waals surface area contributed by atoms with Crippen LogP contribution in [0.15, 0.2) is 18.2 Å². The zero-order chi connectivity index (χ0) is 12.4. The van der Waals surface area contributed by atoms with Gasteiger partial charge in [0.1, 0.15) is 11.6 Å². The number of carbonyl (C=O) groups is 2. The second-order valence-electron chi connectivity index (χ2n) is 3.36. The van der Waals surface area contributed by atoms with E-state index in [9.17, 15) is 14.0 Å². The molecule has 0 aromatic heterocycles. The monoisotopic (exact) mass is 239 g/mol. The Hall–Kier alpha value is -2.11. The molecule has 6 heteroatoms. The molecule has 17 heavy (non-hydrogen) atoms. The van der Waals surface area contributed by atoms with E-state index in [4.69, 9.17) is 9.47 Å². The maximum absolute atomic E-state index is 13.7. The summed E-state index contributed by atoms with van der Waals surface area (Å²) in [6.07, 6.45) is -2.17. The average Bonchev–Trinajstić information content (AvgIpc) is 2.58. The fourth-order valence-corrected chi connectivity index (χ4v) is 1.60. The summed E-state index contributed by atoms with van der Waals surface area (Å²) in [6.45, 7) is 2.05. The summed E-state index contributed by atoms with van der Waals surface area (Å²) in [5, 5.41) is 1.94. The highest BCUT2D eigenvalue weighted by Gasteiger charge is 2.37. The molecule has 1 fully saturated rings. The molecular formula is C11H10FNO4. The number of ether oxygens (including phenoxy) is 2. The Morgan fingerprint density at radius 1 is 1.47 bits per heavy atom. The minimum absolute atomic E-state index is 0.0577. The normalized spacial score (nSPS) is 18.8. The molecule has 1 N–H and O–H groups in total. The van der Waals surface area contributed by atoms with Crippen molar-refractivity contribution >= 4 is 12.0 Å². The summed E-state index contributed by atoms with van der Waals surface area (Å²) < 4.78 is 23.6. The molecule has 5 nitrogen and oxygen atoms in total. The van der Waals surface area contributed by atoms with Gasteiger partial charge in [0, 0.05) is 0 Å². The van der Waals surface area contributed by atoms with E-state index in [0.717, 1.165) is 0 Å². The van der Waals surface area contributed by atoms with Gasteiger partial charge < -0.3 is 9.47 Å². The molecule has 1 saturated heterocycles. The first-order chi connectivity index (χ1) is 8.13. The number of hydrogen-bond acceptors (Lipinski definition) is 4. The van der Waals surface area contributed by atoms with Crippen molar-refractivity contribution in [3.63, 3.8) is 0 Å². The molecule has 1 aliphatic rings. The maximum atomic E-state index is 13.7. The number of carbonyl (C=O) groups excluding carboxylic acids is 2. The number of halogens is 1. The Bertz CT molecular complexity index is 475. The summed E-state index contributed by atoms with van der Waals surface area (Å²) in [7, 11) is 0. The van der Waals surface area contributed by atoms with E-state index in [1.807, 2.05) is 5.32 Å². The Labute approximate surface area is 96.5 Å². The predicted octanol–water partition coefficient (Wildman–Crippen LogP) is 1.53. The number of benzene rings is 1. The largest absolute Gasteiger partial charge is 0.493 e. The fraction of sp³-hybridized carbons (Fsp3) is 0.273. The molecule has 0 saturated carbocycles. The van der Waals surface area contributed by atoms with Crippen LogP contribution in [-0.2, 0) is 9.53 Å². The number of alkyl carbamates (subject to hydrolysis) is 1. The van der Waals surface area contributed by atoms with Crippen LogP contribution in [0.1, 0.15) is 18.6 Å². The second kappa shape index (κ2) is 4.40. The highest BCUT2D eigenvalue weighted by atomic mass is 19.1. The molecule has 1 aromatic rings. The first-order valence-electron chi connectivity index (χ1n) is 5.06. The third-order valence-corrected chi connectivity index (χ3v) is 2.26. The lowest BCUT2D eigenvalue weighted by atomic mass is 10.1. The van der Waals surface area contributed by atoms with Crippen LogP contribution in [0.3, 0.4) is 0 Å². The highest BCUT2D eigenvalue weighted by molar-refractivity contribution is 6.00. The van der Waals surface area contributed by atoms with E-state index in [1.54, 1.807) is 6.92 Å². The molecular weight excluding hydrogens is 229 g/mol. The van der Waals surface area contributed by atoms with Crippen molar-refractivity contribution in [2.45, 2.75) is 13.0 Å². The predicted molar refractivity (Wildman–Crippen MR) is 54.9 cm³/mol. The Morgan fingerprint density at radius 3 is 2.82 bits per heavy atom. The molecule has 0 radical (unpaired) electrons. The zero-order valence-corrected chi connectivity index (χ0v) is 9.03. The summed E-state index contributed by atoms with van der Waals surface area (Å²) in [5.74, 6) is -1.14. The summed E-state index contributed by atoms with van der Waals surface area (Å²) >= 11 is 0. The number of imide groups is 1. The third kappa shape index (κ3) is 2.06. The lowest BCUT2D eigenvalue weighted by Gasteiger charge is -2.13. The maximum Gasteiger partial charge on any atom is 0.415 e. The molecule has 0 spiro atoms. The Kier molecular flexibility index (Phi) is 2.95. The van der Waals surface area contributed by atoms with Crippen molar-refractivity contribution in [3.05, 3.63) is 29.6 Å². The van der Waals surface area contributed by atoms with Gasteiger partial charge in [0.2, 0.25) is 6.10 Å². The SMILES string of the molecule is CCOc1cccc(F)c1C1OC(=O)NC1=O. The van der Waals surface area contributed by atoms with Gasteiger partial charge in [-0.3, -0.25) is 10.1 Å². The third-order valence-electron chi connectivity index (χ3n) is 2.26. The van der Waals surface area contributed by atoms with Crippen LogP contribution in [0.4, 0.5) is 9.18 Å². The molecule has 90 valence electrons. The van der Waals surface area contributed by atoms with Crippen molar-refractivity contribution < 1.29 is 23.5 Å². The van der Waals surface area contributed by atoms with Gasteiger partial charge in [0.05, 0.1) is 12.2 Å². The van der Waals surface area contributed by atoms with E-state index < -0.39 is 23.9 Å². The van der Waals surface area contributed by atoms with Gasteiger partial charge in [-0.05, 0) is 19.1 Å². The molecule has 2 amide bonds. The minimum Gasteiger partial charge on any atom is -0.493 e. The van der Waals surface area contributed by atoms with Gasteiger partial charge in [-0.1, -0.05) is 6.07 Å². The van der Waals surface area contributed by atoms with E-state index in [1.165, 1.54) is 18.2 Å². The summed E-state index contributed by atoms with van der Waals surface area (Å²) in [4.78, 5) is 22.3. The number of nitrogens with one attached hydrogen (secondary N) is 1. The van der Waals surface area contributed by atoms with Crippen molar-refractivity contribution in [2.75, 3.05) is 6.61 Å². The van der Waals surface area contributed by atoms with E-state index in [-0.39, 0.29) is 11.3 Å². The van der Waals surface area contributed by atoms with Crippen LogP contribution in [0, 0.1) is 5.82 Å². The second-order valence-corrected chi connectivity index (χ2v) is 3.36. The molecule has 1 atom stereocenters. The molecule has 1 unspecified atom stereocenters. The summed E-state index contributed by atoms with van der Waals surface area (Å²) in [5.41, 5.74) is -0.0577. The lowest BCUT2D eigenvalue weighted by Crippen LogP contribution is -2.21. The van der Waals surface area contributed by atoms with Gasteiger partial charge in [-0.15, -0.1) is 0 Å². The first-order valence-corrected chi connectivity index (χ1v) is 5.06. The van der Waals surface area contributed by atoms with Gasteiger partial charge in [-0.25, -0.2) is 9.18 Å². The first kappa shape index (κ1) is 11.4. The number of hydrogen-bond donors (Lipinski definition) is 1. The fourth-order valence-electron chi connectivity index (χ4n) is 1.60. The number of rotatable bonds is 3. The van der Waals surface area contributed by atoms with Gasteiger partial charge in [0.25, 0.3) is 5.91 Å². The smallest absolute Gasteiger partial charge is 0.415 e. The topological polar surface area (TPSA) is 64.6 Å². The van der Waals surface area contributed by atoms with Crippen LogP contribution >= 0.6 is 0 Å². The molecule has 2 rings (SSSR count). The van der Waals surface area contributed by atoms with E-state index in [0.29, 0.717) is 6.61 Å². The Morgan fingerprint density at radius 2 is 2.24 bits per heavy atom. The molecule has 0 bridgehead atoms. The van der Waals surface area contributed by atoms with Crippen LogP contribution in [0.2, 0.25) is 0 Å². The van der Waals surface area contributed by atoms with Crippen LogP contribution < -0.4 is 10.1 Å². The molecule has 1 aliphatic heterocycles. The van der Waals surface area contributed by atoms with Crippen LogP contribution in [-0.4, -0.2) is 18.6 Å².